The summed E-state index contributed by atoms with van der Waals surface area (Å²) < 4.78 is 10.9. The number of urea groups is 1. The number of carbonyl (C=O) groups excluding carboxylic acids is 1. The van der Waals surface area contributed by atoms with E-state index in [1.54, 1.807) is 11.3 Å². The third-order valence-electron chi connectivity index (χ3n) is 4.39. The molecule has 1 saturated heterocycles. The van der Waals surface area contributed by atoms with Crippen LogP contribution in [0.25, 0.3) is 0 Å². The number of amides is 2. The molecule has 0 radical (unpaired) electrons. The molecule has 2 aliphatic rings. The summed E-state index contributed by atoms with van der Waals surface area (Å²) in [5.74, 6) is 2.58. The van der Waals surface area contributed by atoms with Crippen LogP contribution in [0.1, 0.15) is 22.1 Å². The van der Waals surface area contributed by atoms with Crippen molar-refractivity contribution in [3.05, 3.63) is 46.2 Å². The Bertz CT molecular complexity index is 736. The monoisotopic (exact) mass is 376 g/mol. The Morgan fingerprint density at radius 2 is 2.16 bits per heavy atom. The summed E-state index contributed by atoms with van der Waals surface area (Å²) in [6, 6.07) is 10.2. The second kappa shape index (κ2) is 7.58. The number of benzene rings is 1. The predicted octanol–water partition coefficient (Wildman–Crippen LogP) is 3.87. The van der Waals surface area contributed by atoms with E-state index in [1.165, 1.54) is 10.4 Å². The first kappa shape index (κ1) is 16.6. The molecule has 132 valence electrons. The van der Waals surface area contributed by atoms with Gasteiger partial charge in [0.15, 0.2) is 11.5 Å². The summed E-state index contributed by atoms with van der Waals surface area (Å²) in [6.45, 7) is 2.45. The number of carbonyl (C=O) groups is 1. The maximum atomic E-state index is 12.4. The van der Waals surface area contributed by atoms with Crippen molar-refractivity contribution >= 4 is 29.1 Å². The van der Waals surface area contributed by atoms with Crippen molar-refractivity contribution in [3.63, 3.8) is 0 Å². The minimum atomic E-state index is 0.0281. The zero-order valence-corrected chi connectivity index (χ0v) is 15.4. The number of ether oxygens (including phenoxy) is 2. The van der Waals surface area contributed by atoms with Crippen LogP contribution in [0.4, 0.5) is 4.79 Å². The summed E-state index contributed by atoms with van der Waals surface area (Å²) >= 11 is 3.57. The lowest BCUT2D eigenvalue weighted by molar-refractivity contribution is 0.174. The average Bonchev–Trinajstić information content (AvgIpc) is 3.26. The van der Waals surface area contributed by atoms with E-state index < -0.39 is 0 Å². The van der Waals surface area contributed by atoms with Crippen LogP contribution in [0.15, 0.2) is 35.7 Å². The van der Waals surface area contributed by atoms with E-state index in [0.29, 0.717) is 18.6 Å². The molecule has 0 spiro atoms. The van der Waals surface area contributed by atoms with Crippen molar-refractivity contribution in [2.45, 2.75) is 18.2 Å². The molecular weight excluding hydrogens is 356 g/mol. The van der Waals surface area contributed by atoms with Crippen LogP contribution < -0.4 is 14.8 Å². The Kier molecular flexibility index (Phi) is 5.03. The number of fused-ring (bicyclic) bond motifs is 1. The number of thiophene rings is 1. The molecule has 7 heteroatoms. The number of rotatable bonds is 3. The van der Waals surface area contributed by atoms with Crippen LogP contribution in [0, 0.1) is 0 Å². The maximum absolute atomic E-state index is 12.4. The van der Waals surface area contributed by atoms with E-state index in [9.17, 15) is 4.79 Å². The van der Waals surface area contributed by atoms with Gasteiger partial charge in [0, 0.05) is 29.0 Å². The van der Waals surface area contributed by atoms with Crippen LogP contribution in [-0.4, -0.2) is 36.6 Å². The summed E-state index contributed by atoms with van der Waals surface area (Å²) in [5.41, 5.74) is 1.25. The predicted molar refractivity (Wildman–Crippen MR) is 101 cm³/mol. The largest absolute Gasteiger partial charge is 0.454 e. The van der Waals surface area contributed by atoms with Gasteiger partial charge in [-0.2, -0.15) is 11.8 Å². The third kappa shape index (κ3) is 3.88. The second-order valence-electron chi connectivity index (χ2n) is 5.99. The van der Waals surface area contributed by atoms with Gasteiger partial charge in [-0.3, -0.25) is 0 Å². The fourth-order valence-electron chi connectivity index (χ4n) is 3.04. The Morgan fingerprint density at radius 1 is 1.24 bits per heavy atom. The van der Waals surface area contributed by atoms with Crippen LogP contribution >= 0.6 is 23.1 Å². The lowest BCUT2D eigenvalue weighted by Gasteiger charge is -2.20. The fraction of sp³-hybridized carbons (Fsp3) is 0.389. The minimum absolute atomic E-state index is 0.0281. The highest BCUT2D eigenvalue weighted by Crippen LogP contribution is 2.40. The third-order valence-corrected chi connectivity index (χ3v) is 6.60. The molecular formula is C18H20N2O3S2. The Labute approximate surface area is 155 Å². The van der Waals surface area contributed by atoms with Crippen LogP contribution in [-0.2, 0) is 6.54 Å². The topological polar surface area (TPSA) is 50.8 Å². The van der Waals surface area contributed by atoms with Gasteiger partial charge in [0.2, 0.25) is 6.79 Å². The van der Waals surface area contributed by atoms with Crippen LogP contribution in [0.5, 0.6) is 11.5 Å². The van der Waals surface area contributed by atoms with Crippen molar-refractivity contribution in [1.29, 1.82) is 0 Å². The highest BCUT2D eigenvalue weighted by Gasteiger charge is 2.23. The van der Waals surface area contributed by atoms with E-state index in [2.05, 4.69) is 17.4 Å². The first-order chi connectivity index (χ1) is 12.3. The number of nitrogens with zero attached hydrogens (tertiary/aromatic N) is 1. The van der Waals surface area contributed by atoms with Crippen molar-refractivity contribution in [2.24, 2.45) is 0 Å². The van der Waals surface area contributed by atoms with Gasteiger partial charge in [0.05, 0.1) is 6.54 Å². The normalized spacial score (nSPS) is 19.5. The maximum Gasteiger partial charge on any atom is 0.317 e. The molecule has 0 bridgehead atoms. The van der Waals surface area contributed by atoms with Crippen molar-refractivity contribution in [2.75, 3.05) is 25.6 Å². The molecule has 1 aromatic heterocycles. The van der Waals surface area contributed by atoms with E-state index >= 15 is 0 Å². The summed E-state index contributed by atoms with van der Waals surface area (Å²) in [4.78, 5) is 15.5. The van der Waals surface area contributed by atoms with Gasteiger partial charge in [-0.1, -0.05) is 12.1 Å². The number of thioether (sulfide) groups is 1. The van der Waals surface area contributed by atoms with Crippen molar-refractivity contribution in [1.82, 2.24) is 10.2 Å². The minimum Gasteiger partial charge on any atom is -0.454 e. The summed E-state index contributed by atoms with van der Waals surface area (Å²) in [5, 5.41) is 5.43. The SMILES string of the molecule is O=C(NCc1cccs1)N1CCS[C@H](c2ccc3c(c2)OCO3)CC1. The van der Waals surface area contributed by atoms with Gasteiger partial charge < -0.3 is 19.7 Å². The van der Waals surface area contributed by atoms with Crippen LogP contribution in [0.3, 0.4) is 0 Å². The molecule has 1 aromatic carbocycles. The molecule has 0 aliphatic carbocycles. The van der Waals surface area contributed by atoms with Crippen molar-refractivity contribution in [3.8, 4) is 11.5 Å². The molecule has 2 aromatic rings. The van der Waals surface area contributed by atoms with Gasteiger partial charge in [0.1, 0.15) is 0 Å². The van der Waals surface area contributed by atoms with Gasteiger partial charge in [-0.25, -0.2) is 4.79 Å². The van der Waals surface area contributed by atoms with Gasteiger partial charge in [0.25, 0.3) is 0 Å². The average molecular weight is 377 g/mol. The van der Waals surface area contributed by atoms with E-state index in [-0.39, 0.29) is 6.03 Å². The smallest absolute Gasteiger partial charge is 0.317 e. The molecule has 0 saturated carbocycles. The Morgan fingerprint density at radius 3 is 3.04 bits per heavy atom. The zero-order chi connectivity index (χ0) is 17.1. The molecule has 1 N–H and O–H groups in total. The Balaban J connectivity index is 1.34. The number of hydrogen-bond acceptors (Lipinski definition) is 5. The summed E-state index contributed by atoms with van der Waals surface area (Å²) in [7, 11) is 0. The molecule has 2 aliphatic heterocycles. The Hall–Kier alpha value is -1.86. The molecule has 0 unspecified atom stereocenters. The van der Waals surface area contributed by atoms with E-state index in [0.717, 1.165) is 36.8 Å². The lowest BCUT2D eigenvalue weighted by atomic mass is 10.1. The van der Waals surface area contributed by atoms with Gasteiger partial charge in [-0.05, 0) is 35.6 Å². The zero-order valence-electron chi connectivity index (χ0n) is 13.8. The quantitative estimate of drug-likeness (QED) is 0.884. The molecule has 3 heterocycles. The highest BCUT2D eigenvalue weighted by molar-refractivity contribution is 7.99. The molecule has 4 rings (SSSR count). The van der Waals surface area contributed by atoms with E-state index in [4.69, 9.17) is 9.47 Å². The number of nitrogens with one attached hydrogen (secondary N) is 1. The molecule has 2 amide bonds. The highest BCUT2D eigenvalue weighted by atomic mass is 32.2. The lowest BCUT2D eigenvalue weighted by Crippen LogP contribution is -2.40. The molecule has 25 heavy (non-hydrogen) atoms. The molecule has 1 atom stereocenters. The standard InChI is InChI=1S/C18H20N2O3S2/c21-18(19-11-14-2-1-8-24-14)20-6-5-17(25-9-7-20)13-3-4-15-16(10-13)23-12-22-15/h1-4,8,10,17H,5-7,9,11-12H2,(H,19,21)/t17-/m0/s1. The van der Waals surface area contributed by atoms with Gasteiger partial charge in [-0.15, -0.1) is 11.3 Å². The number of hydrogen-bond donors (Lipinski definition) is 1. The van der Waals surface area contributed by atoms with Crippen molar-refractivity contribution < 1.29 is 14.3 Å². The summed E-state index contributed by atoms with van der Waals surface area (Å²) in [6.07, 6.45) is 0.941. The second-order valence-corrected chi connectivity index (χ2v) is 8.33. The van der Waals surface area contributed by atoms with E-state index in [1.807, 2.05) is 40.2 Å². The molecule has 5 nitrogen and oxygen atoms in total. The van der Waals surface area contributed by atoms with Gasteiger partial charge >= 0.3 is 6.03 Å². The fourth-order valence-corrected chi connectivity index (χ4v) is 4.91. The first-order valence-corrected chi connectivity index (χ1v) is 10.3. The molecule has 1 fully saturated rings. The van der Waals surface area contributed by atoms with Crippen LogP contribution in [0.2, 0.25) is 0 Å². The first-order valence-electron chi connectivity index (χ1n) is 8.36.